The standard InChI is InChI=1S/C20H20Cl2N2O5/c21-15-8-13(24-19(26)20(27)28)9-16(22)18(15)29-14-5-6-17(25)11(7-14)10-23-12-3-1-2-4-12/h5-9,12,23,25H,1-4,10H2,(H,24,26)(H,27,28). The van der Waals surface area contributed by atoms with E-state index in [1.807, 2.05) is 0 Å². The number of aliphatic carboxylic acids is 1. The lowest BCUT2D eigenvalue weighted by molar-refractivity contribution is -0.147. The van der Waals surface area contributed by atoms with Crippen LogP contribution in [0.1, 0.15) is 31.2 Å². The van der Waals surface area contributed by atoms with E-state index in [0.29, 0.717) is 23.9 Å². The fourth-order valence-electron chi connectivity index (χ4n) is 3.18. The summed E-state index contributed by atoms with van der Waals surface area (Å²) in [4.78, 5) is 21.9. The predicted molar refractivity (Wildman–Crippen MR) is 110 cm³/mol. The molecule has 0 atom stereocenters. The van der Waals surface area contributed by atoms with E-state index < -0.39 is 11.9 Å². The molecule has 1 amide bonds. The molecule has 0 aliphatic heterocycles. The van der Waals surface area contributed by atoms with Crippen molar-refractivity contribution in [1.29, 1.82) is 0 Å². The smallest absolute Gasteiger partial charge is 0.394 e. The van der Waals surface area contributed by atoms with Crippen LogP contribution in [0.2, 0.25) is 10.0 Å². The highest BCUT2D eigenvalue weighted by Crippen LogP contribution is 2.39. The van der Waals surface area contributed by atoms with Crippen LogP contribution in [0.25, 0.3) is 0 Å². The zero-order valence-electron chi connectivity index (χ0n) is 15.4. The van der Waals surface area contributed by atoms with Crippen molar-refractivity contribution in [2.24, 2.45) is 0 Å². The summed E-state index contributed by atoms with van der Waals surface area (Å²) in [5, 5.41) is 24.6. The normalized spacial score (nSPS) is 14.0. The zero-order valence-corrected chi connectivity index (χ0v) is 16.9. The molecule has 0 radical (unpaired) electrons. The van der Waals surface area contributed by atoms with E-state index in [1.165, 1.54) is 31.0 Å². The van der Waals surface area contributed by atoms with Crippen LogP contribution < -0.4 is 15.4 Å². The largest absolute Gasteiger partial charge is 0.508 e. The van der Waals surface area contributed by atoms with Crippen LogP contribution in [0.15, 0.2) is 30.3 Å². The first-order chi connectivity index (χ1) is 13.8. The molecule has 9 heteroatoms. The molecule has 2 aromatic rings. The van der Waals surface area contributed by atoms with Gasteiger partial charge in [-0.15, -0.1) is 0 Å². The summed E-state index contributed by atoms with van der Waals surface area (Å²) in [5.41, 5.74) is 0.818. The summed E-state index contributed by atoms with van der Waals surface area (Å²) in [6, 6.07) is 7.95. The molecule has 1 aliphatic rings. The van der Waals surface area contributed by atoms with Crippen LogP contribution in [0.3, 0.4) is 0 Å². The van der Waals surface area contributed by atoms with Gasteiger partial charge in [0, 0.05) is 23.8 Å². The Morgan fingerprint density at radius 3 is 2.38 bits per heavy atom. The minimum atomic E-state index is -1.62. The van der Waals surface area contributed by atoms with Gasteiger partial charge in [-0.1, -0.05) is 36.0 Å². The molecule has 0 unspecified atom stereocenters. The van der Waals surface area contributed by atoms with Crippen LogP contribution in [0.5, 0.6) is 17.2 Å². The van der Waals surface area contributed by atoms with Crippen molar-refractivity contribution in [3.63, 3.8) is 0 Å². The van der Waals surface area contributed by atoms with Gasteiger partial charge in [0.2, 0.25) is 0 Å². The van der Waals surface area contributed by atoms with Crippen molar-refractivity contribution >= 4 is 40.8 Å². The molecule has 1 saturated carbocycles. The Morgan fingerprint density at radius 2 is 1.76 bits per heavy atom. The summed E-state index contributed by atoms with van der Waals surface area (Å²) in [5.74, 6) is -2.09. The number of hydrogen-bond acceptors (Lipinski definition) is 5. The molecule has 154 valence electrons. The lowest BCUT2D eigenvalue weighted by Crippen LogP contribution is -2.25. The third-order valence-electron chi connectivity index (χ3n) is 4.66. The second-order valence-corrected chi connectivity index (χ2v) is 7.60. The Bertz CT molecular complexity index is 906. The third-order valence-corrected chi connectivity index (χ3v) is 5.22. The SMILES string of the molecule is O=C(O)C(=O)Nc1cc(Cl)c(Oc2ccc(O)c(CNC3CCCC3)c2)c(Cl)c1. The monoisotopic (exact) mass is 438 g/mol. The van der Waals surface area contributed by atoms with Crippen LogP contribution >= 0.6 is 23.2 Å². The molecule has 4 N–H and O–H groups in total. The van der Waals surface area contributed by atoms with Crippen molar-refractivity contribution in [3.8, 4) is 17.2 Å². The van der Waals surface area contributed by atoms with E-state index >= 15 is 0 Å². The van der Waals surface area contributed by atoms with Crippen molar-refractivity contribution in [1.82, 2.24) is 5.32 Å². The van der Waals surface area contributed by atoms with E-state index in [2.05, 4.69) is 10.6 Å². The molecule has 1 fully saturated rings. The Morgan fingerprint density at radius 1 is 1.10 bits per heavy atom. The van der Waals surface area contributed by atoms with Crippen LogP contribution in [0.4, 0.5) is 5.69 Å². The van der Waals surface area contributed by atoms with Gasteiger partial charge in [-0.25, -0.2) is 4.79 Å². The molecule has 0 saturated heterocycles. The van der Waals surface area contributed by atoms with Gasteiger partial charge in [0.1, 0.15) is 11.5 Å². The van der Waals surface area contributed by atoms with Crippen molar-refractivity contribution in [3.05, 3.63) is 45.9 Å². The first kappa shape index (κ1) is 21.2. The molecule has 29 heavy (non-hydrogen) atoms. The number of carbonyl (C=O) groups is 2. The molecule has 0 bridgehead atoms. The van der Waals surface area contributed by atoms with E-state index in [9.17, 15) is 14.7 Å². The Labute approximate surface area is 177 Å². The van der Waals surface area contributed by atoms with Gasteiger partial charge in [-0.2, -0.15) is 0 Å². The number of aromatic hydroxyl groups is 1. The van der Waals surface area contributed by atoms with E-state index in [0.717, 1.165) is 12.8 Å². The summed E-state index contributed by atoms with van der Waals surface area (Å²) in [6.45, 7) is 0.509. The lowest BCUT2D eigenvalue weighted by Gasteiger charge is -2.15. The molecule has 1 aliphatic carbocycles. The molecule has 0 spiro atoms. The summed E-state index contributed by atoms with van der Waals surface area (Å²) in [6.07, 6.45) is 4.69. The third kappa shape index (κ3) is 5.53. The number of benzene rings is 2. The van der Waals surface area contributed by atoms with Crippen molar-refractivity contribution < 1.29 is 24.5 Å². The van der Waals surface area contributed by atoms with Gasteiger partial charge in [0.15, 0.2) is 5.75 Å². The van der Waals surface area contributed by atoms with Gasteiger partial charge < -0.3 is 25.6 Å². The molecule has 3 rings (SSSR count). The molecule has 7 nitrogen and oxygen atoms in total. The Hall–Kier alpha value is -2.48. The number of halogens is 2. The van der Waals surface area contributed by atoms with Crippen LogP contribution in [-0.4, -0.2) is 28.1 Å². The van der Waals surface area contributed by atoms with Crippen LogP contribution in [0, 0.1) is 0 Å². The summed E-state index contributed by atoms with van der Waals surface area (Å²) >= 11 is 12.4. The number of carbonyl (C=O) groups excluding carboxylic acids is 1. The number of phenolic OH excluding ortho intramolecular Hbond substituents is 1. The zero-order chi connectivity index (χ0) is 21.0. The number of carboxylic acid groups (broad SMARTS) is 1. The van der Waals surface area contributed by atoms with Gasteiger partial charge in [-0.05, 0) is 43.2 Å². The van der Waals surface area contributed by atoms with Crippen molar-refractivity contribution in [2.45, 2.75) is 38.3 Å². The Kier molecular flexibility index (Phi) is 6.84. The fourth-order valence-corrected chi connectivity index (χ4v) is 3.75. The number of ether oxygens (including phenoxy) is 1. The van der Waals surface area contributed by atoms with Gasteiger partial charge in [-0.3, -0.25) is 4.79 Å². The number of anilines is 1. The first-order valence-corrected chi connectivity index (χ1v) is 9.85. The highest BCUT2D eigenvalue weighted by atomic mass is 35.5. The number of amides is 1. The minimum absolute atomic E-state index is 0.0943. The topological polar surface area (TPSA) is 108 Å². The number of nitrogens with one attached hydrogen (secondary N) is 2. The molecule has 2 aromatic carbocycles. The van der Waals surface area contributed by atoms with Crippen molar-refractivity contribution in [2.75, 3.05) is 5.32 Å². The molecular weight excluding hydrogens is 419 g/mol. The highest BCUT2D eigenvalue weighted by Gasteiger charge is 2.17. The van der Waals surface area contributed by atoms with E-state index in [1.54, 1.807) is 12.1 Å². The molecule has 0 aromatic heterocycles. The van der Waals surface area contributed by atoms with Gasteiger partial charge in [0.05, 0.1) is 10.0 Å². The lowest BCUT2D eigenvalue weighted by atomic mass is 10.1. The number of carboxylic acids is 1. The molecular formula is C20H20Cl2N2O5. The predicted octanol–water partition coefficient (Wildman–Crippen LogP) is 4.55. The second kappa shape index (κ2) is 9.35. The van der Waals surface area contributed by atoms with E-state index in [-0.39, 0.29) is 27.2 Å². The maximum Gasteiger partial charge on any atom is 0.394 e. The average molecular weight is 439 g/mol. The highest BCUT2D eigenvalue weighted by molar-refractivity contribution is 6.39. The van der Waals surface area contributed by atoms with E-state index in [4.69, 9.17) is 33.0 Å². The fraction of sp³-hybridized carbons (Fsp3) is 0.300. The average Bonchev–Trinajstić information content (AvgIpc) is 3.18. The number of hydrogen-bond donors (Lipinski definition) is 4. The quantitative estimate of drug-likeness (QED) is 0.492. The molecule has 0 heterocycles. The number of phenols is 1. The number of rotatable bonds is 6. The van der Waals surface area contributed by atoms with Crippen LogP contribution in [-0.2, 0) is 16.1 Å². The first-order valence-electron chi connectivity index (χ1n) is 9.10. The summed E-state index contributed by atoms with van der Waals surface area (Å²) in [7, 11) is 0. The minimum Gasteiger partial charge on any atom is -0.508 e. The maximum absolute atomic E-state index is 11.3. The van der Waals surface area contributed by atoms with Gasteiger partial charge >= 0.3 is 11.9 Å². The maximum atomic E-state index is 11.3. The summed E-state index contributed by atoms with van der Waals surface area (Å²) < 4.78 is 5.78. The Balaban J connectivity index is 1.74. The van der Waals surface area contributed by atoms with Gasteiger partial charge in [0.25, 0.3) is 0 Å². The second-order valence-electron chi connectivity index (χ2n) is 6.78.